The van der Waals surface area contributed by atoms with Gasteiger partial charge in [-0.15, -0.1) is 0 Å². The van der Waals surface area contributed by atoms with Gasteiger partial charge in [-0.1, -0.05) is 6.07 Å². The molecule has 0 N–H and O–H groups in total. The molecule has 0 atom stereocenters. The maximum absolute atomic E-state index is 12.2. The van der Waals surface area contributed by atoms with Crippen LogP contribution in [-0.2, 0) is 13.5 Å². The van der Waals surface area contributed by atoms with Gasteiger partial charge in [0, 0.05) is 24.9 Å². The van der Waals surface area contributed by atoms with Gasteiger partial charge in [0.15, 0.2) is 0 Å². The molecule has 0 fully saturated rings. The molecule has 1 aromatic heterocycles. The number of ether oxygens (including phenoxy) is 1. The highest BCUT2D eigenvalue weighted by Crippen LogP contribution is 2.28. The Balaban J connectivity index is 2.52. The zero-order valence-corrected chi connectivity index (χ0v) is 11.5. The van der Waals surface area contributed by atoms with Crippen LogP contribution in [0.3, 0.4) is 0 Å². The van der Waals surface area contributed by atoms with Crippen LogP contribution in [0.4, 0.5) is 8.78 Å². The lowest BCUT2D eigenvalue weighted by atomic mass is 10.0. The number of alkyl halides is 2. The fourth-order valence-corrected chi connectivity index (χ4v) is 2.37. The Morgan fingerprint density at radius 3 is 2.75 bits per heavy atom. The highest BCUT2D eigenvalue weighted by molar-refractivity contribution is 5.88. The van der Waals surface area contributed by atoms with E-state index in [2.05, 4.69) is 0 Å². The van der Waals surface area contributed by atoms with Gasteiger partial charge in [0.25, 0.3) is 5.56 Å². The van der Waals surface area contributed by atoms with E-state index in [9.17, 15) is 13.6 Å². The number of nitrogens with zero attached hydrogens (tertiary/aromatic N) is 1. The van der Waals surface area contributed by atoms with E-state index in [-0.39, 0.29) is 12.0 Å². The van der Waals surface area contributed by atoms with Crippen molar-refractivity contribution in [2.75, 3.05) is 7.11 Å². The van der Waals surface area contributed by atoms with Crippen molar-refractivity contribution in [3.8, 4) is 5.75 Å². The summed E-state index contributed by atoms with van der Waals surface area (Å²) < 4.78 is 31.4. The highest BCUT2D eigenvalue weighted by atomic mass is 19.3. The largest absolute Gasteiger partial charge is 0.496 e. The minimum atomic E-state index is -2.31. The smallest absolute Gasteiger partial charge is 0.251 e. The van der Waals surface area contributed by atoms with Crippen LogP contribution in [-0.4, -0.2) is 18.1 Å². The summed E-state index contributed by atoms with van der Waals surface area (Å²) in [5.74, 6) is 0.658. The SMILES string of the molecule is COc1cccc2c1c(CCCC(F)F)cc(=O)n2C. The van der Waals surface area contributed by atoms with Gasteiger partial charge in [-0.05, 0) is 30.5 Å². The third-order valence-corrected chi connectivity index (χ3v) is 3.40. The molecule has 0 amide bonds. The van der Waals surface area contributed by atoms with Crippen LogP contribution >= 0.6 is 0 Å². The second-order valence-electron chi connectivity index (χ2n) is 4.70. The summed E-state index contributed by atoms with van der Waals surface area (Å²) >= 11 is 0. The van der Waals surface area contributed by atoms with Gasteiger partial charge in [-0.3, -0.25) is 4.79 Å². The molecule has 0 unspecified atom stereocenters. The van der Waals surface area contributed by atoms with E-state index >= 15 is 0 Å². The van der Waals surface area contributed by atoms with Gasteiger partial charge in [0.05, 0.1) is 12.6 Å². The van der Waals surface area contributed by atoms with Crippen LogP contribution in [0.1, 0.15) is 18.4 Å². The van der Waals surface area contributed by atoms with Gasteiger partial charge in [-0.2, -0.15) is 0 Å². The quantitative estimate of drug-likeness (QED) is 0.843. The minimum absolute atomic E-state index is 0.141. The molecule has 0 aliphatic rings. The number of hydrogen-bond acceptors (Lipinski definition) is 2. The van der Waals surface area contributed by atoms with Gasteiger partial charge in [0.1, 0.15) is 5.75 Å². The Morgan fingerprint density at radius 1 is 1.35 bits per heavy atom. The van der Waals surface area contributed by atoms with Crippen molar-refractivity contribution >= 4 is 10.9 Å². The number of hydrogen-bond donors (Lipinski definition) is 0. The standard InChI is InChI=1S/C15H17F2NO2/c1-18-11-6-4-7-12(20-2)15(11)10(9-14(18)19)5-3-8-13(16)17/h4,6-7,9,13H,3,5,8H2,1-2H3. The fraction of sp³-hybridized carbons (Fsp3) is 0.400. The Kier molecular flexibility index (Phi) is 4.37. The molecule has 1 aromatic carbocycles. The fourth-order valence-electron chi connectivity index (χ4n) is 2.37. The monoisotopic (exact) mass is 281 g/mol. The molecule has 0 aliphatic heterocycles. The molecule has 108 valence electrons. The molecule has 5 heteroatoms. The van der Waals surface area contributed by atoms with Crippen LogP contribution in [0, 0.1) is 0 Å². The second-order valence-corrected chi connectivity index (χ2v) is 4.70. The predicted molar refractivity (Wildman–Crippen MR) is 74.7 cm³/mol. The zero-order valence-electron chi connectivity index (χ0n) is 11.5. The average molecular weight is 281 g/mol. The number of pyridine rings is 1. The first-order chi connectivity index (χ1) is 9.54. The van der Waals surface area contributed by atoms with Crippen LogP contribution < -0.4 is 10.3 Å². The molecule has 20 heavy (non-hydrogen) atoms. The predicted octanol–water partition coefficient (Wildman–Crippen LogP) is 3.13. The third-order valence-electron chi connectivity index (χ3n) is 3.40. The van der Waals surface area contributed by atoms with Crippen LogP contribution in [0.2, 0.25) is 0 Å². The summed E-state index contributed by atoms with van der Waals surface area (Å²) in [6.45, 7) is 0. The summed E-state index contributed by atoms with van der Waals surface area (Å²) in [5, 5.41) is 0.825. The first-order valence-corrected chi connectivity index (χ1v) is 6.48. The first kappa shape index (κ1) is 14.5. The molecule has 0 saturated carbocycles. The number of methoxy groups -OCH3 is 1. The summed E-state index contributed by atoms with van der Waals surface area (Å²) in [4.78, 5) is 11.9. The van der Waals surface area contributed by atoms with E-state index in [1.165, 1.54) is 10.6 Å². The number of aryl methyl sites for hydroxylation is 2. The summed E-state index contributed by atoms with van der Waals surface area (Å²) in [6.07, 6.45) is -1.68. The maximum atomic E-state index is 12.2. The van der Waals surface area contributed by atoms with Crippen LogP contribution in [0.5, 0.6) is 5.75 Å². The average Bonchev–Trinajstić information content (AvgIpc) is 2.43. The molecular weight excluding hydrogens is 264 g/mol. The number of halogens is 2. The van der Waals surface area contributed by atoms with Gasteiger partial charge in [-0.25, -0.2) is 8.78 Å². The topological polar surface area (TPSA) is 31.2 Å². The van der Waals surface area contributed by atoms with Crippen molar-refractivity contribution in [1.29, 1.82) is 0 Å². The van der Waals surface area contributed by atoms with E-state index in [0.29, 0.717) is 18.6 Å². The van der Waals surface area contributed by atoms with E-state index in [1.807, 2.05) is 18.2 Å². The highest BCUT2D eigenvalue weighted by Gasteiger charge is 2.12. The zero-order chi connectivity index (χ0) is 14.7. The van der Waals surface area contributed by atoms with Gasteiger partial charge in [0.2, 0.25) is 6.43 Å². The minimum Gasteiger partial charge on any atom is -0.496 e. The van der Waals surface area contributed by atoms with E-state index in [0.717, 1.165) is 16.5 Å². The normalized spacial score (nSPS) is 11.2. The molecule has 0 aliphatic carbocycles. The van der Waals surface area contributed by atoms with E-state index < -0.39 is 6.43 Å². The Bertz CT molecular complexity index is 665. The van der Waals surface area contributed by atoms with Gasteiger partial charge >= 0.3 is 0 Å². The van der Waals surface area contributed by atoms with E-state index in [1.54, 1.807) is 14.2 Å². The van der Waals surface area contributed by atoms with E-state index in [4.69, 9.17) is 4.74 Å². The number of rotatable bonds is 5. The Morgan fingerprint density at radius 2 is 2.10 bits per heavy atom. The second kappa shape index (κ2) is 6.03. The van der Waals surface area contributed by atoms with Crippen molar-refractivity contribution in [3.63, 3.8) is 0 Å². The molecule has 0 spiro atoms. The van der Waals surface area contributed by atoms with Crippen molar-refractivity contribution in [2.45, 2.75) is 25.7 Å². The molecule has 3 nitrogen and oxygen atoms in total. The Hall–Kier alpha value is -1.91. The molecule has 0 bridgehead atoms. The van der Waals surface area contributed by atoms with Crippen molar-refractivity contribution in [3.05, 3.63) is 40.2 Å². The van der Waals surface area contributed by atoms with Crippen molar-refractivity contribution in [1.82, 2.24) is 4.57 Å². The van der Waals surface area contributed by atoms with Crippen molar-refractivity contribution in [2.24, 2.45) is 7.05 Å². The molecule has 2 rings (SSSR count). The summed E-state index contributed by atoms with van der Waals surface area (Å²) in [5.41, 5.74) is 1.38. The van der Waals surface area contributed by atoms with Crippen molar-refractivity contribution < 1.29 is 13.5 Å². The molecule has 0 radical (unpaired) electrons. The molecular formula is C15H17F2NO2. The number of benzene rings is 1. The Labute approximate surface area is 115 Å². The number of fused-ring (bicyclic) bond motifs is 1. The first-order valence-electron chi connectivity index (χ1n) is 6.48. The summed E-state index contributed by atoms with van der Waals surface area (Å²) in [7, 11) is 3.25. The lowest BCUT2D eigenvalue weighted by Crippen LogP contribution is -2.17. The maximum Gasteiger partial charge on any atom is 0.251 e. The molecule has 1 heterocycles. The molecule has 0 saturated heterocycles. The summed E-state index contributed by atoms with van der Waals surface area (Å²) in [6, 6.07) is 6.96. The van der Waals surface area contributed by atoms with Gasteiger partial charge < -0.3 is 9.30 Å². The lowest BCUT2D eigenvalue weighted by molar-refractivity contribution is 0.135. The lowest BCUT2D eigenvalue weighted by Gasteiger charge is -2.13. The molecule has 2 aromatic rings. The van der Waals surface area contributed by atoms with Crippen LogP contribution in [0.15, 0.2) is 29.1 Å². The number of aromatic nitrogens is 1. The van der Waals surface area contributed by atoms with Crippen LogP contribution in [0.25, 0.3) is 10.9 Å². The third kappa shape index (κ3) is 2.81.